The fraction of sp³-hybridized carbons (Fsp3) is 0.200. The number of benzene rings is 2. The summed E-state index contributed by atoms with van der Waals surface area (Å²) >= 11 is 4.71. The Morgan fingerprint density at radius 2 is 1.91 bits per heavy atom. The molecule has 116 valence electrons. The van der Waals surface area contributed by atoms with Gasteiger partial charge >= 0.3 is 0 Å². The zero-order chi connectivity index (χ0) is 15.7. The van der Waals surface area contributed by atoms with Crippen molar-refractivity contribution in [3.63, 3.8) is 0 Å². The van der Waals surface area contributed by atoms with Gasteiger partial charge in [0.05, 0.1) is 4.90 Å². The molecule has 2 aromatic carbocycles. The number of sulfonamides is 1. The van der Waals surface area contributed by atoms with Crippen LogP contribution >= 0.6 is 27.7 Å². The lowest BCUT2D eigenvalue weighted by Gasteiger charge is -2.26. The molecule has 0 spiro atoms. The average molecular weight is 402 g/mol. The third-order valence-electron chi connectivity index (χ3n) is 3.45. The number of hydrogen-bond acceptors (Lipinski definition) is 3. The van der Waals surface area contributed by atoms with Crippen LogP contribution in [0.3, 0.4) is 0 Å². The standard InChI is InChI=1S/C15H13BrFNO2S2/c16-10-4-6-11(7-5-10)22(19,20)18-14-8-9-21-15-12(14)2-1-3-13(15)17/h1-7,14,18H,8-9H2/t14-/m1/s1. The van der Waals surface area contributed by atoms with Crippen LogP contribution in [0.1, 0.15) is 18.0 Å². The number of hydrogen-bond donors (Lipinski definition) is 1. The summed E-state index contributed by atoms with van der Waals surface area (Å²) in [7, 11) is -3.63. The van der Waals surface area contributed by atoms with Crippen molar-refractivity contribution in [1.82, 2.24) is 4.72 Å². The predicted molar refractivity (Wildman–Crippen MR) is 88.9 cm³/mol. The molecule has 1 atom stereocenters. The van der Waals surface area contributed by atoms with E-state index in [1.807, 2.05) is 0 Å². The Labute approximate surface area is 141 Å². The van der Waals surface area contributed by atoms with Crippen molar-refractivity contribution in [1.29, 1.82) is 0 Å². The number of rotatable bonds is 3. The van der Waals surface area contributed by atoms with Gasteiger partial charge in [-0.15, -0.1) is 11.8 Å². The van der Waals surface area contributed by atoms with Crippen LogP contribution in [0.15, 0.2) is 56.7 Å². The van der Waals surface area contributed by atoms with Crippen molar-refractivity contribution in [2.24, 2.45) is 0 Å². The van der Waals surface area contributed by atoms with Crippen LogP contribution in [0.5, 0.6) is 0 Å². The lowest BCUT2D eigenvalue weighted by Crippen LogP contribution is -2.31. The molecule has 1 aliphatic heterocycles. The number of fused-ring (bicyclic) bond motifs is 1. The Hall–Kier alpha value is -0.890. The van der Waals surface area contributed by atoms with Gasteiger partial charge in [-0.1, -0.05) is 28.1 Å². The smallest absolute Gasteiger partial charge is 0.207 e. The molecule has 0 bridgehead atoms. The largest absolute Gasteiger partial charge is 0.241 e. The van der Waals surface area contributed by atoms with Crippen LogP contribution in [-0.2, 0) is 10.0 Å². The zero-order valence-electron chi connectivity index (χ0n) is 11.4. The molecule has 1 aliphatic rings. The monoisotopic (exact) mass is 401 g/mol. The van der Waals surface area contributed by atoms with E-state index in [4.69, 9.17) is 0 Å². The van der Waals surface area contributed by atoms with Gasteiger partial charge in [0.15, 0.2) is 0 Å². The van der Waals surface area contributed by atoms with Crippen molar-refractivity contribution in [2.75, 3.05) is 5.75 Å². The molecule has 0 fully saturated rings. The predicted octanol–water partition coefficient (Wildman–Crippen LogP) is 4.10. The molecule has 0 aromatic heterocycles. The van der Waals surface area contributed by atoms with Crippen molar-refractivity contribution in [2.45, 2.75) is 22.3 Å². The van der Waals surface area contributed by atoms with Crippen molar-refractivity contribution in [3.8, 4) is 0 Å². The average Bonchev–Trinajstić information content (AvgIpc) is 2.48. The van der Waals surface area contributed by atoms with Crippen LogP contribution < -0.4 is 4.72 Å². The van der Waals surface area contributed by atoms with Gasteiger partial charge in [-0.2, -0.15) is 0 Å². The minimum atomic E-state index is -3.63. The third-order valence-corrected chi connectivity index (χ3v) is 6.62. The van der Waals surface area contributed by atoms with Gasteiger partial charge in [0.2, 0.25) is 10.0 Å². The van der Waals surface area contributed by atoms with Crippen molar-refractivity contribution < 1.29 is 12.8 Å². The van der Waals surface area contributed by atoms with Crippen LogP contribution in [0.4, 0.5) is 4.39 Å². The fourth-order valence-corrected chi connectivity index (χ4v) is 5.03. The van der Waals surface area contributed by atoms with Crippen molar-refractivity contribution >= 4 is 37.7 Å². The highest BCUT2D eigenvalue weighted by molar-refractivity contribution is 9.10. The van der Waals surface area contributed by atoms with Gasteiger partial charge in [0, 0.05) is 15.4 Å². The Balaban J connectivity index is 1.91. The normalized spacial score (nSPS) is 18.0. The summed E-state index contributed by atoms with van der Waals surface area (Å²) in [6, 6.07) is 10.8. The molecular formula is C15H13BrFNO2S2. The van der Waals surface area contributed by atoms with E-state index in [-0.39, 0.29) is 10.7 Å². The highest BCUT2D eigenvalue weighted by Gasteiger charge is 2.27. The number of thioether (sulfide) groups is 1. The van der Waals surface area contributed by atoms with Gasteiger partial charge < -0.3 is 0 Å². The third kappa shape index (κ3) is 3.22. The van der Waals surface area contributed by atoms with E-state index in [1.54, 1.807) is 24.3 Å². The molecule has 3 nitrogen and oxygen atoms in total. The molecule has 1 N–H and O–H groups in total. The van der Waals surface area contributed by atoms with Crippen LogP contribution in [-0.4, -0.2) is 14.2 Å². The van der Waals surface area contributed by atoms with Crippen LogP contribution in [0.2, 0.25) is 0 Å². The maximum atomic E-state index is 13.8. The molecule has 0 radical (unpaired) electrons. The molecule has 0 unspecified atom stereocenters. The maximum Gasteiger partial charge on any atom is 0.241 e. The van der Waals surface area contributed by atoms with E-state index in [9.17, 15) is 12.8 Å². The second-order valence-corrected chi connectivity index (χ2v) is 8.66. The lowest BCUT2D eigenvalue weighted by molar-refractivity contribution is 0.533. The van der Waals surface area contributed by atoms with Crippen LogP contribution in [0, 0.1) is 5.82 Å². The second-order valence-electron chi connectivity index (χ2n) is 4.92. The van der Waals surface area contributed by atoms with Gasteiger partial charge in [-0.05, 0) is 48.1 Å². The summed E-state index contributed by atoms with van der Waals surface area (Å²) < 4.78 is 42.3. The minimum absolute atomic E-state index is 0.201. The fourth-order valence-electron chi connectivity index (χ4n) is 2.38. The number of halogens is 2. The first-order chi connectivity index (χ1) is 10.5. The van der Waals surface area contributed by atoms with E-state index in [0.29, 0.717) is 22.6 Å². The van der Waals surface area contributed by atoms with Gasteiger partial charge in [-0.25, -0.2) is 17.5 Å². The molecule has 3 rings (SSSR count). The summed E-state index contributed by atoms with van der Waals surface area (Å²) in [5.74, 6) is 0.386. The highest BCUT2D eigenvalue weighted by atomic mass is 79.9. The SMILES string of the molecule is O=S(=O)(N[C@@H]1CCSc2c(F)cccc21)c1ccc(Br)cc1. The molecule has 0 saturated heterocycles. The van der Waals surface area contributed by atoms with Gasteiger partial charge in [0.1, 0.15) is 5.82 Å². The number of nitrogens with one attached hydrogen (secondary N) is 1. The summed E-state index contributed by atoms with van der Waals surface area (Å²) in [5.41, 5.74) is 0.705. The summed E-state index contributed by atoms with van der Waals surface area (Å²) in [6.07, 6.45) is 0.636. The highest BCUT2D eigenvalue weighted by Crippen LogP contribution is 2.38. The molecule has 1 heterocycles. The summed E-state index contributed by atoms with van der Waals surface area (Å²) in [4.78, 5) is 0.740. The first kappa shape index (κ1) is 16.0. The first-order valence-corrected chi connectivity index (χ1v) is 9.93. The second kappa shape index (κ2) is 6.31. The summed E-state index contributed by atoms with van der Waals surface area (Å²) in [5, 5.41) is 0. The molecule has 2 aromatic rings. The molecule has 0 aliphatic carbocycles. The topological polar surface area (TPSA) is 46.2 Å². The van der Waals surface area contributed by atoms with Gasteiger partial charge in [0.25, 0.3) is 0 Å². The van der Waals surface area contributed by atoms with E-state index in [0.717, 1.165) is 4.47 Å². The van der Waals surface area contributed by atoms with E-state index < -0.39 is 16.1 Å². The molecule has 0 saturated carbocycles. The van der Waals surface area contributed by atoms with E-state index in [1.165, 1.54) is 30.0 Å². The van der Waals surface area contributed by atoms with Gasteiger partial charge in [-0.3, -0.25) is 0 Å². The Kier molecular flexibility index (Phi) is 4.59. The minimum Gasteiger partial charge on any atom is -0.207 e. The Morgan fingerprint density at radius 3 is 2.64 bits per heavy atom. The Bertz CT molecular complexity index is 794. The summed E-state index contributed by atoms with van der Waals surface area (Å²) in [6.45, 7) is 0. The molecule has 7 heteroatoms. The van der Waals surface area contributed by atoms with E-state index in [2.05, 4.69) is 20.7 Å². The molecule has 22 heavy (non-hydrogen) atoms. The quantitative estimate of drug-likeness (QED) is 0.841. The Morgan fingerprint density at radius 1 is 1.18 bits per heavy atom. The molecular weight excluding hydrogens is 389 g/mol. The zero-order valence-corrected chi connectivity index (χ0v) is 14.6. The van der Waals surface area contributed by atoms with Crippen LogP contribution in [0.25, 0.3) is 0 Å². The lowest BCUT2D eigenvalue weighted by atomic mass is 10.0. The van der Waals surface area contributed by atoms with E-state index >= 15 is 0 Å². The molecule has 0 amide bonds. The first-order valence-electron chi connectivity index (χ1n) is 6.66. The maximum absolute atomic E-state index is 13.8. The van der Waals surface area contributed by atoms with Crippen molar-refractivity contribution in [3.05, 3.63) is 58.3 Å².